The van der Waals surface area contributed by atoms with Gasteiger partial charge in [-0.2, -0.15) is 4.39 Å². The van der Waals surface area contributed by atoms with Crippen LogP contribution >= 0.6 is 0 Å². The summed E-state index contributed by atoms with van der Waals surface area (Å²) >= 11 is 0. The Labute approximate surface area is 88.6 Å². The zero-order valence-corrected chi connectivity index (χ0v) is 9.11. The van der Waals surface area contributed by atoms with E-state index in [4.69, 9.17) is 9.47 Å². The highest BCUT2D eigenvalue weighted by molar-refractivity contribution is 5.43. The molecule has 0 saturated carbocycles. The van der Waals surface area contributed by atoms with E-state index >= 15 is 0 Å². The number of halogens is 1. The summed E-state index contributed by atoms with van der Waals surface area (Å²) in [5.41, 5.74) is 0.738. The van der Waals surface area contributed by atoms with Crippen LogP contribution in [0, 0.1) is 5.95 Å². The van der Waals surface area contributed by atoms with E-state index in [-0.39, 0.29) is 6.29 Å². The minimum Gasteiger partial charge on any atom is -0.369 e. The molecule has 1 aromatic heterocycles. The van der Waals surface area contributed by atoms with Gasteiger partial charge in [-0.3, -0.25) is 0 Å². The van der Waals surface area contributed by atoms with Crippen molar-refractivity contribution in [3.8, 4) is 0 Å². The van der Waals surface area contributed by atoms with Gasteiger partial charge in [0.1, 0.15) is 0 Å². The highest BCUT2D eigenvalue weighted by Gasteiger charge is 2.10. The van der Waals surface area contributed by atoms with Crippen LogP contribution < -0.4 is 4.90 Å². The van der Waals surface area contributed by atoms with E-state index in [0.717, 1.165) is 5.69 Å². The molecule has 0 N–H and O–H groups in total. The number of methoxy groups -OCH3 is 2. The number of nitrogens with zero attached hydrogens (tertiary/aromatic N) is 2. The summed E-state index contributed by atoms with van der Waals surface area (Å²) in [5.74, 6) is -0.495. The van der Waals surface area contributed by atoms with Gasteiger partial charge in [-0.1, -0.05) is 0 Å². The lowest BCUT2D eigenvalue weighted by molar-refractivity contribution is -0.0944. The van der Waals surface area contributed by atoms with Gasteiger partial charge in [-0.25, -0.2) is 4.98 Å². The van der Waals surface area contributed by atoms with Gasteiger partial charge in [0.2, 0.25) is 5.95 Å². The summed E-state index contributed by atoms with van der Waals surface area (Å²) in [6.45, 7) is 0.524. The van der Waals surface area contributed by atoms with E-state index in [1.165, 1.54) is 12.3 Å². The van der Waals surface area contributed by atoms with Crippen LogP contribution in [-0.2, 0) is 9.47 Å². The Kier molecular flexibility index (Phi) is 4.45. The number of likely N-dealkylation sites (N-methyl/N-ethyl adjacent to an activating group) is 1. The molecule has 0 unspecified atom stereocenters. The Morgan fingerprint density at radius 3 is 2.67 bits per heavy atom. The summed E-state index contributed by atoms with van der Waals surface area (Å²) in [4.78, 5) is 5.32. The van der Waals surface area contributed by atoms with Crippen LogP contribution in [0.4, 0.5) is 10.1 Å². The van der Waals surface area contributed by atoms with Crippen molar-refractivity contribution in [3.05, 3.63) is 24.3 Å². The number of pyridine rings is 1. The number of ether oxygens (including phenoxy) is 2. The first kappa shape index (κ1) is 11.9. The first-order valence-electron chi connectivity index (χ1n) is 4.55. The van der Waals surface area contributed by atoms with Crippen LogP contribution in [0.3, 0.4) is 0 Å². The second kappa shape index (κ2) is 5.63. The largest absolute Gasteiger partial charge is 0.369 e. The van der Waals surface area contributed by atoms with E-state index in [0.29, 0.717) is 6.54 Å². The number of aromatic nitrogens is 1. The molecule has 0 saturated heterocycles. The van der Waals surface area contributed by atoms with Gasteiger partial charge >= 0.3 is 0 Å². The van der Waals surface area contributed by atoms with Crippen LogP contribution in [0.15, 0.2) is 18.3 Å². The third-order valence-electron chi connectivity index (χ3n) is 2.10. The van der Waals surface area contributed by atoms with Gasteiger partial charge in [0.15, 0.2) is 6.29 Å². The lowest BCUT2D eigenvalue weighted by atomic mass is 10.3. The van der Waals surface area contributed by atoms with Crippen molar-refractivity contribution >= 4 is 5.69 Å². The average molecular weight is 214 g/mol. The maximum Gasteiger partial charge on any atom is 0.214 e. The monoisotopic (exact) mass is 214 g/mol. The molecule has 0 amide bonds. The van der Waals surface area contributed by atoms with Crippen molar-refractivity contribution in [1.82, 2.24) is 4.98 Å². The molecule has 4 nitrogen and oxygen atoms in total. The predicted octanol–water partition coefficient (Wildman–Crippen LogP) is 1.28. The summed E-state index contributed by atoms with van der Waals surface area (Å²) in [6.07, 6.45) is 1.10. The minimum atomic E-state index is -0.495. The van der Waals surface area contributed by atoms with Crippen molar-refractivity contribution in [2.75, 3.05) is 32.7 Å². The van der Waals surface area contributed by atoms with E-state index in [2.05, 4.69) is 4.98 Å². The van der Waals surface area contributed by atoms with Crippen LogP contribution in [0.2, 0.25) is 0 Å². The molecule has 0 atom stereocenters. The Morgan fingerprint density at radius 2 is 2.13 bits per heavy atom. The smallest absolute Gasteiger partial charge is 0.214 e. The molecule has 1 heterocycles. The third kappa shape index (κ3) is 3.45. The fraction of sp³-hybridized carbons (Fsp3) is 0.500. The molecule has 0 aliphatic carbocycles. The van der Waals surface area contributed by atoms with Crippen molar-refractivity contribution in [1.29, 1.82) is 0 Å². The first-order chi connectivity index (χ1) is 7.17. The molecule has 0 aromatic carbocycles. The number of hydrogen-bond donors (Lipinski definition) is 0. The molecule has 0 fully saturated rings. The first-order valence-corrected chi connectivity index (χ1v) is 4.55. The van der Waals surface area contributed by atoms with Gasteiger partial charge in [-0.05, 0) is 6.07 Å². The normalized spacial score (nSPS) is 10.7. The quantitative estimate of drug-likeness (QED) is 0.546. The molecule has 15 heavy (non-hydrogen) atoms. The van der Waals surface area contributed by atoms with E-state index in [9.17, 15) is 4.39 Å². The van der Waals surface area contributed by atoms with E-state index in [1.807, 2.05) is 11.9 Å². The van der Waals surface area contributed by atoms with Crippen molar-refractivity contribution < 1.29 is 13.9 Å². The van der Waals surface area contributed by atoms with Gasteiger partial charge in [0.25, 0.3) is 0 Å². The lowest BCUT2D eigenvalue weighted by Crippen LogP contribution is -2.31. The zero-order valence-electron chi connectivity index (χ0n) is 9.11. The Bertz CT molecular complexity index is 305. The molecule has 1 rings (SSSR count). The number of rotatable bonds is 5. The Morgan fingerprint density at radius 1 is 1.47 bits per heavy atom. The lowest BCUT2D eigenvalue weighted by Gasteiger charge is -2.23. The number of hydrogen-bond acceptors (Lipinski definition) is 4. The fourth-order valence-electron chi connectivity index (χ4n) is 1.20. The van der Waals surface area contributed by atoms with E-state index < -0.39 is 5.95 Å². The molecule has 0 aliphatic heterocycles. The SMILES string of the molecule is COC(CN(C)c1ccnc(F)c1)OC. The van der Waals surface area contributed by atoms with Crippen LogP contribution in [-0.4, -0.2) is 39.1 Å². The molecule has 0 spiro atoms. The molecular weight excluding hydrogens is 199 g/mol. The zero-order chi connectivity index (χ0) is 11.3. The topological polar surface area (TPSA) is 34.6 Å². The molecule has 1 aromatic rings. The second-order valence-electron chi connectivity index (χ2n) is 3.12. The van der Waals surface area contributed by atoms with Crippen molar-refractivity contribution in [2.24, 2.45) is 0 Å². The van der Waals surface area contributed by atoms with Crippen LogP contribution in [0.5, 0.6) is 0 Å². The van der Waals surface area contributed by atoms with E-state index in [1.54, 1.807) is 20.3 Å². The summed E-state index contributed by atoms with van der Waals surface area (Å²) < 4.78 is 22.9. The highest BCUT2D eigenvalue weighted by Crippen LogP contribution is 2.12. The summed E-state index contributed by atoms with van der Waals surface area (Å²) in [6, 6.07) is 3.09. The molecule has 0 aliphatic rings. The standard InChI is InChI=1S/C10H15FN2O2/c1-13(7-10(14-2)15-3)8-4-5-12-9(11)6-8/h4-6,10H,7H2,1-3H3. The van der Waals surface area contributed by atoms with Gasteiger partial charge < -0.3 is 14.4 Å². The maximum atomic E-state index is 12.8. The van der Waals surface area contributed by atoms with Gasteiger partial charge in [0.05, 0.1) is 6.54 Å². The van der Waals surface area contributed by atoms with Crippen LogP contribution in [0.25, 0.3) is 0 Å². The minimum absolute atomic E-state index is 0.328. The molecule has 0 bridgehead atoms. The molecule has 84 valence electrons. The van der Waals surface area contributed by atoms with Crippen molar-refractivity contribution in [2.45, 2.75) is 6.29 Å². The van der Waals surface area contributed by atoms with Crippen molar-refractivity contribution in [3.63, 3.8) is 0 Å². The summed E-state index contributed by atoms with van der Waals surface area (Å²) in [5, 5.41) is 0. The average Bonchev–Trinajstić information content (AvgIpc) is 2.25. The fourth-order valence-corrected chi connectivity index (χ4v) is 1.20. The van der Waals surface area contributed by atoms with Gasteiger partial charge in [-0.15, -0.1) is 0 Å². The summed E-state index contributed by atoms with van der Waals surface area (Å²) in [7, 11) is 4.96. The molecule has 0 radical (unpaired) electrons. The van der Waals surface area contributed by atoms with Gasteiger partial charge in [0, 0.05) is 39.2 Å². The third-order valence-corrected chi connectivity index (χ3v) is 2.10. The van der Waals surface area contributed by atoms with Crippen LogP contribution in [0.1, 0.15) is 0 Å². The Balaban J connectivity index is 2.64. The molecule has 5 heteroatoms. The highest BCUT2D eigenvalue weighted by atomic mass is 19.1. The maximum absolute atomic E-state index is 12.8. The number of anilines is 1. The second-order valence-corrected chi connectivity index (χ2v) is 3.12. The Hall–Kier alpha value is -1.20. The predicted molar refractivity (Wildman–Crippen MR) is 55.3 cm³/mol. The molecular formula is C10H15FN2O2.